The average molecular weight is 390 g/mol. The Morgan fingerprint density at radius 3 is 2.54 bits per heavy atom. The molecule has 2 rings (SSSR count). The normalized spacial score (nSPS) is 16.8. The minimum Gasteiger partial charge on any atom is -0.450 e. The standard InChI is InChI=1S/C21H35N5O2/c1-5-28-21(27)26-13-11-18(12-14-26)24-20(22-2)23-16-19(25(3)4)15-17-9-7-6-8-10-17/h6-10,18-19H,5,11-16H2,1-4H3,(H2,22,23,24). The zero-order chi connectivity index (χ0) is 20.4. The van der Waals surface area contributed by atoms with Crippen LogP contribution < -0.4 is 10.6 Å². The lowest BCUT2D eigenvalue weighted by atomic mass is 10.0. The largest absolute Gasteiger partial charge is 0.450 e. The van der Waals surface area contributed by atoms with Gasteiger partial charge in [-0.2, -0.15) is 0 Å². The zero-order valence-corrected chi connectivity index (χ0v) is 17.6. The van der Waals surface area contributed by atoms with E-state index in [9.17, 15) is 4.79 Å². The Morgan fingerprint density at radius 1 is 1.29 bits per heavy atom. The summed E-state index contributed by atoms with van der Waals surface area (Å²) < 4.78 is 5.08. The molecule has 7 nitrogen and oxygen atoms in total. The number of hydrogen-bond donors (Lipinski definition) is 2. The highest BCUT2D eigenvalue weighted by Crippen LogP contribution is 2.11. The number of ether oxygens (including phenoxy) is 1. The Kier molecular flexibility index (Phi) is 9.07. The minimum atomic E-state index is -0.210. The van der Waals surface area contributed by atoms with E-state index in [1.165, 1.54) is 5.56 Å². The number of benzene rings is 1. The summed E-state index contributed by atoms with van der Waals surface area (Å²) in [6, 6.07) is 11.2. The van der Waals surface area contributed by atoms with Crippen LogP contribution in [0.2, 0.25) is 0 Å². The molecule has 1 aromatic carbocycles. The van der Waals surface area contributed by atoms with Gasteiger partial charge >= 0.3 is 6.09 Å². The van der Waals surface area contributed by atoms with Gasteiger partial charge in [0.2, 0.25) is 0 Å². The Morgan fingerprint density at radius 2 is 1.96 bits per heavy atom. The molecule has 1 fully saturated rings. The summed E-state index contributed by atoms with van der Waals surface area (Å²) in [7, 11) is 6.01. The first-order chi connectivity index (χ1) is 13.5. The summed E-state index contributed by atoms with van der Waals surface area (Å²) >= 11 is 0. The van der Waals surface area contributed by atoms with Gasteiger partial charge in [0, 0.05) is 38.8 Å². The van der Waals surface area contributed by atoms with Gasteiger partial charge in [-0.3, -0.25) is 4.99 Å². The van der Waals surface area contributed by atoms with Gasteiger partial charge in [0.05, 0.1) is 6.61 Å². The minimum absolute atomic E-state index is 0.210. The second-order valence-corrected chi connectivity index (χ2v) is 7.36. The number of aliphatic imine (C=N–C) groups is 1. The number of likely N-dealkylation sites (N-methyl/N-ethyl adjacent to an activating group) is 1. The Hall–Kier alpha value is -2.28. The molecule has 1 saturated heterocycles. The van der Waals surface area contributed by atoms with Crippen molar-refractivity contribution in [1.82, 2.24) is 20.4 Å². The van der Waals surface area contributed by atoms with E-state index in [1.54, 1.807) is 11.9 Å². The lowest BCUT2D eigenvalue weighted by Gasteiger charge is -2.33. The highest BCUT2D eigenvalue weighted by Gasteiger charge is 2.24. The molecule has 7 heteroatoms. The van der Waals surface area contributed by atoms with Crippen molar-refractivity contribution in [1.29, 1.82) is 0 Å². The molecular weight excluding hydrogens is 354 g/mol. The number of piperidine rings is 1. The van der Waals surface area contributed by atoms with Crippen LogP contribution in [0.3, 0.4) is 0 Å². The Bertz CT molecular complexity index is 612. The van der Waals surface area contributed by atoms with Gasteiger partial charge in [0.1, 0.15) is 0 Å². The first-order valence-corrected chi connectivity index (χ1v) is 10.1. The van der Waals surface area contributed by atoms with Crippen LogP contribution in [0.4, 0.5) is 4.79 Å². The molecule has 0 saturated carbocycles. The third-order valence-electron chi connectivity index (χ3n) is 5.13. The van der Waals surface area contributed by atoms with E-state index in [4.69, 9.17) is 4.74 Å². The molecule has 156 valence electrons. The lowest BCUT2D eigenvalue weighted by Crippen LogP contribution is -2.52. The van der Waals surface area contributed by atoms with Crippen molar-refractivity contribution in [2.24, 2.45) is 4.99 Å². The summed E-state index contributed by atoms with van der Waals surface area (Å²) in [6.07, 6.45) is 2.55. The summed E-state index contributed by atoms with van der Waals surface area (Å²) in [4.78, 5) is 20.2. The molecule has 1 aliphatic heterocycles. The van der Waals surface area contributed by atoms with Gasteiger partial charge in [-0.1, -0.05) is 30.3 Å². The van der Waals surface area contributed by atoms with Gasteiger partial charge in [-0.25, -0.2) is 4.79 Å². The first kappa shape index (κ1) is 22.0. The van der Waals surface area contributed by atoms with E-state index in [0.29, 0.717) is 31.8 Å². The van der Waals surface area contributed by atoms with Crippen molar-refractivity contribution < 1.29 is 9.53 Å². The Balaban J connectivity index is 1.79. The van der Waals surface area contributed by atoms with Gasteiger partial charge in [-0.05, 0) is 45.8 Å². The zero-order valence-electron chi connectivity index (χ0n) is 17.6. The van der Waals surface area contributed by atoms with Crippen molar-refractivity contribution in [2.45, 2.75) is 38.3 Å². The molecule has 28 heavy (non-hydrogen) atoms. The third-order valence-corrected chi connectivity index (χ3v) is 5.13. The SMILES string of the molecule is CCOC(=O)N1CCC(NC(=NC)NCC(Cc2ccccc2)N(C)C)CC1. The summed E-state index contributed by atoms with van der Waals surface area (Å²) in [5, 5.41) is 6.96. The molecule has 2 N–H and O–H groups in total. The molecule has 1 atom stereocenters. The van der Waals surface area contributed by atoms with E-state index in [2.05, 4.69) is 58.9 Å². The number of hydrogen-bond acceptors (Lipinski definition) is 4. The van der Waals surface area contributed by atoms with Gasteiger partial charge in [0.15, 0.2) is 5.96 Å². The van der Waals surface area contributed by atoms with Crippen LogP contribution in [0, 0.1) is 0 Å². The van der Waals surface area contributed by atoms with Gasteiger partial charge in [0.25, 0.3) is 0 Å². The molecule has 1 amide bonds. The van der Waals surface area contributed by atoms with E-state index >= 15 is 0 Å². The summed E-state index contributed by atoms with van der Waals surface area (Å²) in [6.45, 7) is 4.48. The number of nitrogens with zero attached hydrogens (tertiary/aromatic N) is 3. The van der Waals surface area contributed by atoms with E-state index in [-0.39, 0.29) is 6.09 Å². The number of amides is 1. The van der Waals surface area contributed by atoms with Crippen molar-refractivity contribution in [3.8, 4) is 0 Å². The maximum atomic E-state index is 11.8. The molecule has 1 unspecified atom stereocenters. The Labute approximate surface area is 169 Å². The molecule has 0 spiro atoms. The summed E-state index contributed by atoms with van der Waals surface area (Å²) in [5.41, 5.74) is 1.33. The topological polar surface area (TPSA) is 69.2 Å². The molecule has 1 aromatic rings. The number of rotatable bonds is 7. The van der Waals surface area contributed by atoms with Crippen LogP contribution in [0.25, 0.3) is 0 Å². The van der Waals surface area contributed by atoms with E-state index in [0.717, 1.165) is 31.8 Å². The van der Waals surface area contributed by atoms with Crippen LogP contribution >= 0.6 is 0 Å². The van der Waals surface area contributed by atoms with Crippen LogP contribution in [0.5, 0.6) is 0 Å². The fourth-order valence-electron chi connectivity index (χ4n) is 3.35. The van der Waals surface area contributed by atoms with E-state index in [1.807, 2.05) is 13.0 Å². The number of likely N-dealkylation sites (tertiary alicyclic amines) is 1. The number of nitrogens with one attached hydrogen (secondary N) is 2. The lowest BCUT2D eigenvalue weighted by molar-refractivity contribution is 0.0963. The van der Waals surface area contributed by atoms with Crippen molar-refractivity contribution >= 4 is 12.1 Å². The smallest absolute Gasteiger partial charge is 0.409 e. The molecule has 0 aromatic heterocycles. The molecule has 0 aliphatic carbocycles. The highest BCUT2D eigenvalue weighted by atomic mass is 16.6. The second-order valence-electron chi connectivity index (χ2n) is 7.36. The molecule has 0 bridgehead atoms. The third kappa shape index (κ3) is 7.03. The van der Waals surface area contributed by atoms with Crippen LogP contribution in [0.1, 0.15) is 25.3 Å². The number of guanidine groups is 1. The first-order valence-electron chi connectivity index (χ1n) is 10.1. The monoisotopic (exact) mass is 389 g/mol. The van der Waals surface area contributed by atoms with Crippen molar-refractivity contribution in [3.05, 3.63) is 35.9 Å². The van der Waals surface area contributed by atoms with Crippen LogP contribution in [-0.2, 0) is 11.2 Å². The quantitative estimate of drug-likeness (QED) is 0.551. The average Bonchev–Trinajstić information content (AvgIpc) is 2.71. The predicted molar refractivity (Wildman–Crippen MR) is 114 cm³/mol. The molecule has 0 radical (unpaired) electrons. The summed E-state index contributed by atoms with van der Waals surface area (Å²) in [5.74, 6) is 0.814. The van der Waals surface area contributed by atoms with Gasteiger partial charge in [-0.15, -0.1) is 0 Å². The number of carbonyl (C=O) groups excluding carboxylic acids is 1. The predicted octanol–water partition coefficient (Wildman–Crippen LogP) is 1.95. The highest BCUT2D eigenvalue weighted by molar-refractivity contribution is 5.80. The maximum absolute atomic E-state index is 11.8. The van der Waals surface area contributed by atoms with Crippen molar-refractivity contribution in [3.63, 3.8) is 0 Å². The van der Waals surface area contributed by atoms with E-state index < -0.39 is 0 Å². The van der Waals surface area contributed by atoms with Crippen LogP contribution in [-0.4, -0.2) is 81.3 Å². The van der Waals surface area contributed by atoms with Gasteiger partial charge < -0.3 is 25.2 Å². The molecule has 1 aliphatic rings. The molecular formula is C21H35N5O2. The van der Waals surface area contributed by atoms with Crippen molar-refractivity contribution in [2.75, 3.05) is 47.4 Å². The maximum Gasteiger partial charge on any atom is 0.409 e. The fraction of sp³-hybridized carbons (Fsp3) is 0.619. The second kappa shape index (κ2) is 11.5. The van der Waals surface area contributed by atoms with Crippen LogP contribution in [0.15, 0.2) is 35.3 Å². The molecule has 1 heterocycles. The fourth-order valence-corrected chi connectivity index (χ4v) is 3.35. The number of carbonyl (C=O) groups is 1.